The van der Waals surface area contributed by atoms with Crippen molar-refractivity contribution < 1.29 is 17.2 Å². The predicted octanol–water partition coefficient (Wildman–Crippen LogP) is 3.31. The summed E-state index contributed by atoms with van der Waals surface area (Å²) in [4.78, 5) is -0.430. The molecule has 2 aromatic carbocycles. The number of halogens is 2. The van der Waals surface area contributed by atoms with Gasteiger partial charge in [0.2, 0.25) is 10.0 Å². The van der Waals surface area contributed by atoms with Gasteiger partial charge in [-0.3, -0.25) is 0 Å². The van der Waals surface area contributed by atoms with Crippen LogP contribution >= 0.6 is 0 Å². The second-order valence-corrected chi connectivity index (χ2v) is 6.52. The van der Waals surface area contributed by atoms with Crippen LogP contribution in [0.5, 0.6) is 0 Å². The number of sulfonamides is 1. The maximum Gasteiger partial charge on any atom is 0.241 e. The van der Waals surface area contributed by atoms with Gasteiger partial charge in [-0.25, -0.2) is 21.9 Å². The zero-order valence-electron chi connectivity index (χ0n) is 11.6. The molecule has 0 aliphatic carbocycles. The summed E-state index contributed by atoms with van der Waals surface area (Å²) in [6.07, 6.45) is 0. The van der Waals surface area contributed by atoms with E-state index in [2.05, 4.69) is 4.72 Å². The van der Waals surface area contributed by atoms with Crippen molar-refractivity contribution in [2.24, 2.45) is 0 Å². The Morgan fingerprint density at radius 2 is 1.62 bits per heavy atom. The van der Waals surface area contributed by atoms with Crippen LogP contribution in [0.2, 0.25) is 0 Å². The van der Waals surface area contributed by atoms with E-state index in [0.717, 1.165) is 23.3 Å². The van der Waals surface area contributed by atoms with Crippen LogP contribution in [0.1, 0.15) is 24.1 Å². The topological polar surface area (TPSA) is 46.2 Å². The van der Waals surface area contributed by atoms with Gasteiger partial charge in [-0.1, -0.05) is 24.3 Å². The Balaban J connectivity index is 2.31. The molecule has 0 saturated carbocycles. The minimum Gasteiger partial charge on any atom is -0.207 e. The molecule has 0 aliphatic heterocycles. The molecule has 1 atom stereocenters. The monoisotopic (exact) mass is 311 g/mol. The van der Waals surface area contributed by atoms with Gasteiger partial charge in [-0.15, -0.1) is 0 Å². The molecule has 2 aromatic rings. The van der Waals surface area contributed by atoms with Crippen LogP contribution in [0.3, 0.4) is 0 Å². The molecule has 3 nitrogen and oxygen atoms in total. The first-order chi connectivity index (χ1) is 9.79. The summed E-state index contributed by atoms with van der Waals surface area (Å²) in [7, 11) is -4.00. The van der Waals surface area contributed by atoms with Crippen LogP contribution in [0.15, 0.2) is 47.4 Å². The molecule has 0 saturated heterocycles. The van der Waals surface area contributed by atoms with Gasteiger partial charge in [-0.2, -0.15) is 0 Å². The van der Waals surface area contributed by atoms with Crippen LogP contribution in [0, 0.1) is 18.6 Å². The van der Waals surface area contributed by atoms with E-state index in [4.69, 9.17) is 0 Å². The lowest BCUT2D eigenvalue weighted by atomic mass is 10.0. The van der Waals surface area contributed by atoms with Crippen molar-refractivity contribution in [1.29, 1.82) is 0 Å². The van der Waals surface area contributed by atoms with E-state index < -0.39 is 32.6 Å². The van der Waals surface area contributed by atoms with Gasteiger partial charge >= 0.3 is 0 Å². The molecule has 2 rings (SSSR count). The smallest absolute Gasteiger partial charge is 0.207 e. The van der Waals surface area contributed by atoms with Crippen molar-refractivity contribution in [1.82, 2.24) is 4.72 Å². The zero-order valence-corrected chi connectivity index (χ0v) is 12.4. The van der Waals surface area contributed by atoms with Gasteiger partial charge in [0.25, 0.3) is 0 Å². The molecule has 0 aliphatic rings. The van der Waals surface area contributed by atoms with Crippen molar-refractivity contribution in [2.75, 3.05) is 0 Å². The molecule has 0 radical (unpaired) electrons. The highest BCUT2D eigenvalue weighted by atomic mass is 32.2. The van der Waals surface area contributed by atoms with E-state index in [-0.39, 0.29) is 0 Å². The Bertz CT molecular complexity index is 740. The largest absolute Gasteiger partial charge is 0.241 e. The van der Waals surface area contributed by atoms with Crippen molar-refractivity contribution in [3.63, 3.8) is 0 Å². The summed E-state index contributed by atoms with van der Waals surface area (Å²) in [6, 6.07) is 9.01. The highest BCUT2D eigenvalue weighted by molar-refractivity contribution is 7.89. The summed E-state index contributed by atoms with van der Waals surface area (Å²) in [5.74, 6) is -1.86. The van der Waals surface area contributed by atoms with E-state index in [9.17, 15) is 17.2 Å². The van der Waals surface area contributed by atoms with Gasteiger partial charge in [0, 0.05) is 12.1 Å². The van der Waals surface area contributed by atoms with Crippen molar-refractivity contribution in [2.45, 2.75) is 24.8 Å². The normalized spacial score (nSPS) is 13.1. The maximum absolute atomic E-state index is 13.2. The van der Waals surface area contributed by atoms with Crippen LogP contribution in [-0.4, -0.2) is 8.42 Å². The minimum atomic E-state index is -4.00. The maximum atomic E-state index is 13.2. The van der Waals surface area contributed by atoms with E-state index in [1.54, 1.807) is 19.1 Å². The molecular weight excluding hydrogens is 296 g/mol. The molecule has 112 valence electrons. The quantitative estimate of drug-likeness (QED) is 0.941. The molecule has 1 unspecified atom stereocenters. The van der Waals surface area contributed by atoms with Gasteiger partial charge in [0.15, 0.2) is 0 Å². The van der Waals surface area contributed by atoms with Crippen molar-refractivity contribution in [3.05, 3.63) is 65.2 Å². The van der Waals surface area contributed by atoms with E-state index in [1.807, 2.05) is 19.1 Å². The van der Waals surface area contributed by atoms with Crippen molar-refractivity contribution >= 4 is 10.0 Å². The standard InChI is InChI=1S/C15H15F2NO2S/c1-10-5-3-4-6-15(10)11(2)18-21(19,20)14-8-12(16)7-13(17)9-14/h3-9,11,18H,1-2H3. The average molecular weight is 311 g/mol. The molecule has 0 heterocycles. The number of hydrogen-bond acceptors (Lipinski definition) is 2. The lowest BCUT2D eigenvalue weighted by Gasteiger charge is -2.16. The number of aryl methyl sites for hydroxylation is 1. The van der Waals surface area contributed by atoms with Crippen LogP contribution in [-0.2, 0) is 10.0 Å². The Morgan fingerprint density at radius 3 is 2.19 bits per heavy atom. The van der Waals surface area contributed by atoms with Gasteiger partial charge < -0.3 is 0 Å². The molecule has 1 N–H and O–H groups in total. The molecule has 0 amide bonds. The number of rotatable bonds is 4. The molecule has 0 fully saturated rings. The van der Waals surface area contributed by atoms with E-state index >= 15 is 0 Å². The van der Waals surface area contributed by atoms with Crippen LogP contribution < -0.4 is 4.72 Å². The first-order valence-corrected chi connectivity index (χ1v) is 7.82. The van der Waals surface area contributed by atoms with Gasteiger partial charge in [0.05, 0.1) is 4.90 Å². The zero-order chi connectivity index (χ0) is 15.6. The fraction of sp³-hybridized carbons (Fsp3) is 0.200. The third-order valence-electron chi connectivity index (χ3n) is 3.13. The number of benzene rings is 2. The Hall–Kier alpha value is -1.79. The van der Waals surface area contributed by atoms with Gasteiger partial charge in [0.1, 0.15) is 11.6 Å². The second-order valence-electron chi connectivity index (χ2n) is 4.80. The highest BCUT2D eigenvalue weighted by Gasteiger charge is 2.20. The molecule has 0 spiro atoms. The van der Waals surface area contributed by atoms with Crippen LogP contribution in [0.25, 0.3) is 0 Å². The Morgan fingerprint density at radius 1 is 1.05 bits per heavy atom. The lowest BCUT2D eigenvalue weighted by Crippen LogP contribution is -2.27. The molecular formula is C15H15F2NO2S. The fourth-order valence-corrected chi connectivity index (χ4v) is 3.38. The second kappa shape index (κ2) is 5.91. The number of hydrogen-bond donors (Lipinski definition) is 1. The number of nitrogens with one attached hydrogen (secondary N) is 1. The summed E-state index contributed by atoms with van der Waals surface area (Å²) in [6.45, 7) is 3.54. The Kier molecular flexibility index (Phi) is 4.39. The molecule has 0 bridgehead atoms. The summed E-state index contributed by atoms with van der Waals surface area (Å²) in [5, 5.41) is 0. The molecule has 0 aromatic heterocycles. The van der Waals surface area contributed by atoms with E-state index in [1.165, 1.54) is 0 Å². The Labute approximate surface area is 122 Å². The summed E-state index contributed by atoms with van der Waals surface area (Å²) >= 11 is 0. The third kappa shape index (κ3) is 3.65. The van der Waals surface area contributed by atoms with Crippen LogP contribution in [0.4, 0.5) is 8.78 Å². The highest BCUT2D eigenvalue weighted by Crippen LogP contribution is 2.20. The minimum absolute atomic E-state index is 0.430. The first kappa shape index (κ1) is 15.6. The van der Waals surface area contributed by atoms with E-state index in [0.29, 0.717) is 6.07 Å². The first-order valence-electron chi connectivity index (χ1n) is 6.33. The van der Waals surface area contributed by atoms with Crippen molar-refractivity contribution in [3.8, 4) is 0 Å². The summed E-state index contributed by atoms with van der Waals surface area (Å²) < 4.78 is 53.1. The molecule has 21 heavy (non-hydrogen) atoms. The summed E-state index contributed by atoms with van der Waals surface area (Å²) in [5.41, 5.74) is 1.73. The van der Waals surface area contributed by atoms with Gasteiger partial charge in [-0.05, 0) is 37.1 Å². The fourth-order valence-electron chi connectivity index (χ4n) is 2.12. The predicted molar refractivity (Wildman–Crippen MR) is 76.3 cm³/mol. The average Bonchev–Trinajstić information content (AvgIpc) is 2.37. The lowest BCUT2D eigenvalue weighted by molar-refractivity contribution is 0.553. The SMILES string of the molecule is Cc1ccccc1C(C)NS(=O)(=O)c1cc(F)cc(F)c1. The third-order valence-corrected chi connectivity index (χ3v) is 4.65. The molecule has 6 heteroatoms.